The molecule has 0 aromatic carbocycles. The van der Waals surface area contributed by atoms with Gasteiger partial charge in [-0.25, -0.2) is 13.2 Å². The second-order valence-corrected chi connectivity index (χ2v) is 6.12. The summed E-state index contributed by atoms with van der Waals surface area (Å²) in [5.74, 6) is -1.96. The van der Waals surface area contributed by atoms with E-state index in [9.17, 15) is 18.0 Å². The molecule has 1 heterocycles. The third-order valence-corrected chi connectivity index (χ3v) is 4.34. The molecule has 0 bridgehead atoms. The van der Waals surface area contributed by atoms with Crippen LogP contribution in [-0.2, 0) is 14.8 Å². The lowest BCUT2D eigenvalue weighted by Crippen LogP contribution is -2.45. The van der Waals surface area contributed by atoms with Gasteiger partial charge in [-0.3, -0.25) is 9.89 Å². The molecule has 10 heteroatoms. The van der Waals surface area contributed by atoms with E-state index in [1.165, 1.54) is 13.8 Å². The second kappa shape index (κ2) is 6.68. The van der Waals surface area contributed by atoms with Crippen molar-refractivity contribution in [3.63, 3.8) is 0 Å². The van der Waals surface area contributed by atoms with Gasteiger partial charge >= 0.3 is 5.97 Å². The summed E-state index contributed by atoms with van der Waals surface area (Å²) in [6, 6.07) is -1.03. The lowest BCUT2D eigenvalue weighted by atomic mass is 10.3. The molecule has 1 rings (SSSR count). The molecule has 1 atom stereocenters. The number of aromatic amines is 1. The highest BCUT2D eigenvalue weighted by Crippen LogP contribution is 2.17. The number of aromatic nitrogens is 2. The van der Waals surface area contributed by atoms with Crippen molar-refractivity contribution in [2.24, 2.45) is 0 Å². The summed E-state index contributed by atoms with van der Waals surface area (Å²) in [4.78, 5) is 22.2. The number of aromatic carboxylic acids is 1. The Morgan fingerprint density at radius 1 is 1.43 bits per heavy atom. The Morgan fingerprint density at radius 3 is 2.57 bits per heavy atom. The topological polar surface area (TPSA) is 141 Å². The Bertz CT molecular complexity index is 637. The van der Waals surface area contributed by atoms with Gasteiger partial charge in [0.05, 0.1) is 11.7 Å². The summed E-state index contributed by atoms with van der Waals surface area (Å²) in [6.07, 6.45) is 0.717. The van der Waals surface area contributed by atoms with Crippen molar-refractivity contribution in [1.82, 2.24) is 20.2 Å². The number of nitrogens with one attached hydrogen (secondary N) is 3. The maximum Gasteiger partial charge on any atom is 0.357 e. The predicted octanol–water partition coefficient (Wildman–Crippen LogP) is -0.391. The smallest absolute Gasteiger partial charge is 0.357 e. The zero-order valence-electron chi connectivity index (χ0n) is 11.9. The second-order valence-electron chi connectivity index (χ2n) is 4.47. The normalized spacial score (nSPS) is 12.9. The van der Waals surface area contributed by atoms with E-state index in [1.54, 1.807) is 0 Å². The minimum Gasteiger partial charge on any atom is -0.476 e. The summed E-state index contributed by atoms with van der Waals surface area (Å²) in [5, 5.41) is 17.2. The minimum absolute atomic E-state index is 0.0843. The SMILES string of the molecule is CCCNC(=O)C(C)NS(=O)(=O)c1c(C(=O)O)n[nH]c1C. The van der Waals surface area contributed by atoms with Crippen LogP contribution in [0, 0.1) is 6.92 Å². The van der Waals surface area contributed by atoms with Crippen molar-refractivity contribution in [2.45, 2.75) is 38.1 Å². The van der Waals surface area contributed by atoms with Crippen LogP contribution in [0.5, 0.6) is 0 Å². The number of H-pyrrole nitrogens is 1. The largest absolute Gasteiger partial charge is 0.476 e. The number of sulfonamides is 1. The molecule has 0 saturated heterocycles. The van der Waals surface area contributed by atoms with Crippen molar-refractivity contribution in [2.75, 3.05) is 6.54 Å². The Labute approximate surface area is 122 Å². The van der Waals surface area contributed by atoms with Gasteiger partial charge in [-0.15, -0.1) is 0 Å². The molecule has 1 unspecified atom stereocenters. The Balaban J connectivity index is 3.00. The number of rotatable bonds is 7. The first-order valence-corrected chi connectivity index (χ1v) is 7.77. The third kappa shape index (κ3) is 4.02. The molecule has 1 aromatic heterocycles. The maximum absolute atomic E-state index is 12.2. The number of carboxylic acid groups (broad SMARTS) is 1. The first kappa shape index (κ1) is 17.1. The highest BCUT2D eigenvalue weighted by molar-refractivity contribution is 7.89. The average Bonchev–Trinajstić information content (AvgIpc) is 2.78. The molecule has 118 valence electrons. The van der Waals surface area contributed by atoms with E-state index in [0.717, 1.165) is 6.42 Å². The zero-order chi connectivity index (χ0) is 16.2. The molecular weight excluding hydrogens is 300 g/mol. The van der Waals surface area contributed by atoms with Crippen LogP contribution in [0.3, 0.4) is 0 Å². The highest BCUT2D eigenvalue weighted by Gasteiger charge is 2.30. The quantitative estimate of drug-likeness (QED) is 0.539. The molecule has 0 aliphatic rings. The number of carbonyl (C=O) groups is 2. The molecule has 0 aliphatic carbocycles. The van der Waals surface area contributed by atoms with Crippen LogP contribution in [0.15, 0.2) is 4.90 Å². The van der Waals surface area contributed by atoms with E-state index in [0.29, 0.717) is 6.54 Å². The van der Waals surface area contributed by atoms with Gasteiger partial charge in [0, 0.05) is 6.54 Å². The van der Waals surface area contributed by atoms with Gasteiger partial charge in [0.2, 0.25) is 15.9 Å². The fourth-order valence-corrected chi connectivity index (χ4v) is 3.17. The fourth-order valence-electron chi connectivity index (χ4n) is 1.64. The van der Waals surface area contributed by atoms with Crippen LogP contribution in [0.2, 0.25) is 0 Å². The summed E-state index contributed by atoms with van der Waals surface area (Å²) >= 11 is 0. The molecule has 0 spiro atoms. The molecule has 4 N–H and O–H groups in total. The Hall–Kier alpha value is -1.94. The number of hydrogen-bond donors (Lipinski definition) is 4. The van der Waals surface area contributed by atoms with Crippen molar-refractivity contribution in [3.8, 4) is 0 Å². The molecule has 1 aromatic rings. The van der Waals surface area contributed by atoms with Crippen LogP contribution in [0.4, 0.5) is 0 Å². The van der Waals surface area contributed by atoms with E-state index < -0.39 is 38.5 Å². The van der Waals surface area contributed by atoms with Crippen LogP contribution in [0.25, 0.3) is 0 Å². The van der Waals surface area contributed by atoms with E-state index >= 15 is 0 Å². The molecule has 0 saturated carbocycles. The first-order valence-electron chi connectivity index (χ1n) is 6.29. The van der Waals surface area contributed by atoms with E-state index in [2.05, 4.69) is 20.2 Å². The summed E-state index contributed by atoms with van der Waals surface area (Å²) in [6.45, 7) is 5.05. The van der Waals surface area contributed by atoms with Gasteiger partial charge in [-0.05, 0) is 20.3 Å². The molecule has 21 heavy (non-hydrogen) atoms. The number of hydrogen-bond acceptors (Lipinski definition) is 5. The van der Waals surface area contributed by atoms with Gasteiger partial charge in [-0.1, -0.05) is 6.92 Å². The lowest BCUT2D eigenvalue weighted by Gasteiger charge is -2.14. The van der Waals surface area contributed by atoms with Crippen LogP contribution >= 0.6 is 0 Å². The van der Waals surface area contributed by atoms with Crippen LogP contribution in [-0.4, -0.2) is 48.2 Å². The molecule has 0 fully saturated rings. The van der Waals surface area contributed by atoms with E-state index in [1.807, 2.05) is 6.92 Å². The van der Waals surface area contributed by atoms with E-state index in [-0.39, 0.29) is 5.69 Å². The van der Waals surface area contributed by atoms with Crippen molar-refractivity contribution in [3.05, 3.63) is 11.4 Å². The first-order chi connectivity index (χ1) is 9.70. The number of amides is 1. The van der Waals surface area contributed by atoms with Crippen molar-refractivity contribution in [1.29, 1.82) is 0 Å². The van der Waals surface area contributed by atoms with Gasteiger partial charge in [0.15, 0.2) is 5.69 Å². The standard InChI is InChI=1S/C11H18N4O5S/c1-4-5-12-10(16)7(3)15-21(19,20)9-6(2)13-14-8(9)11(17)18/h7,15H,4-5H2,1-3H3,(H,12,16)(H,13,14)(H,17,18). The summed E-state index contributed by atoms with van der Waals surface area (Å²) < 4.78 is 26.6. The number of carbonyl (C=O) groups excluding carboxylic acids is 1. The Morgan fingerprint density at radius 2 is 2.05 bits per heavy atom. The highest BCUT2D eigenvalue weighted by atomic mass is 32.2. The monoisotopic (exact) mass is 318 g/mol. The van der Waals surface area contributed by atoms with E-state index in [4.69, 9.17) is 5.11 Å². The molecular formula is C11H18N4O5S. The van der Waals surface area contributed by atoms with Crippen molar-refractivity contribution >= 4 is 21.9 Å². The summed E-state index contributed by atoms with van der Waals surface area (Å²) in [7, 11) is -4.18. The van der Waals surface area contributed by atoms with Gasteiger partial charge in [-0.2, -0.15) is 9.82 Å². The molecule has 0 radical (unpaired) electrons. The van der Waals surface area contributed by atoms with Gasteiger partial charge < -0.3 is 10.4 Å². The Kier molecular flexibility index (Phi) is 5.44. The fraction of sp³-hybridized carbons (Fsp3) is 0.545. The van der Waals surface area contributed by atoms with Crippen molar-refractivity contribution < 1.29 is 23.1 Å². The molecule has 1 amide bonds. The number of carboxylic acids is 1. The molecule has 9 nitrogen and oxygen atoms in total. The number of aryl methyl sites for hydroxylation is 1. The minimum atomic E-state index is -4.18. The van der Waals surface area contributed by atoms with Gasteiger partial charge in [0.1, 0.15) is 4.90 Å². The van der Waals surface area contributed by atoms with Gasteiger partial charge in [0.25, 0.3) is 0 Å². The lowest BCUT2D eigenvalue weighted by molar-refractivity contribution is -0.122. The average molecular weight is 318 g/mol. The van der Waals surface area contributed by atoms with Crippen LogP contribution < -0.4 is 10.0 Å². The number of nitrogens with zero attached hydrogens (tertiary/aromatic N) is 1. The van der Waals surface area contributed by atoms with Crippen LogP contribution in [0.1, 0.15) is 36.5 Å². The zero-order valence-corrected chi connectivity index (χ0v) is 12.7. The predicted molar refractivity (Wildman–Crippen MR) is 73.4 cm³/mol. The molecule has 0 aliphatic heterocycles. The third-order valence-electron chi connectivity index (χ3n) is 2.64. The summed E-state index contributed by atoms with van der Waals surface area (Å²) in [5.41, 5.74) is -0.526. The maximum atomic E-state index is 12.2.